The molecule has 4 rings (SSSR count). The molecule has 6 heteroatoms. The molecule has 1 aliphatic rings. The first-order valence-electron chi connectivity index (χ1n) is 10.3. The molecular weight excluding hydrogens is 388 g/mol. The smallest absolute Gasteiger partial charge is 0.323 e. The fraction of sp³-hybridized carbons (Fsp3) is 0.240. The standard InChI is InChI=1S/C25H24N4O2/c1-31-24(30)23-17-22(27-28-26)18-29(23)25(19-11-5-2-6-12-19,20-13-7-3-8-14-20)21-15-9-4-10-16-21/h2-16,22-23H,17-18H2,1H3. The number of methoxy groups -OCH3 is 1. The number of carbonyl (C=O) groups is 1. The molecule has 3 aromatic rings. The highest BCUT2D eigenvalue weighted by atomic mass is 16.5. The zero-order valence-electron chi connectivity index (χ0n) is 17.3. The zero-order valence-corrected chi connectivity index (χ0v) is 17.3. The topological polar surface area (TPSA) is 78.3 Å². The highest BCUT2D eigenvalue weighted by Gasteiger charge is 2.51. The number of benzene rings is 3. The fourth-order valence-electron chi connectivity index (χ4n) is 4.74. The molecule has 1 aliphatic heterocycles. The number of hydrogen-bond acceptors (Lipinski definition) is 4. The molecule has 0 aliphatic carbocycles. The van der Waals surface area contributed by atoms with E-state index in [1.807, 2.05) is 54.6 Å². The summed E-state index contributed by atoms with van der Waals surface area (Å²) >= 11 is 0. The maximum Gasteiger partial charge on any atom is 0.323 e. The minimum Gasteiger partial charge on any atom is -0.468 e. The Hall–Kier alpha value is -3.60. The van der Waals surface area contributed by atoms with E-state index in [0.29, 0.717) is 13.0 Å². The number of ether oxygens (including phenoxy) is 1. The van der Waals surface area contributed by atoms with Crippen LogP contribution in [-0.4, -0.2) is 36.6 Å². The van der Waals surface area contributed by atoms with Crippen LogP contribution in [0.4, 0.5) is 0 Å². The van der Waals surface area contributed by atoms with Gasteiger partial charge in [-0.3, -0.25) is 9.69 Å². The van der Waals surface area contributed by atoms with Crippen molar-refractivity contribution in [1.29, 1.82) is 0 Å². The van der Waals surface area contributed by atoms with Crippen LogP contribution < -0.4 is 0 Å². The molecule has 0 bridgehead atoms. The molecule has 0 radical (unpaired) electrons. The molecule has 2 unspecified atom stereocenters. The van der Waals surface area contributed by atoms with Crippen molar-refractivity contribution in [1.82, 2.24) is 4.90 Å². The van der Waals surface area contributed by atoms with E-state index in [1.165, 1.54) is 7.11 Å². The van der Waals surface area contributed by atoms with Gasteiger partial charge in [-0.15, -0.1) is 0 Å². The minimum atomic E-state index is -0.762. The number of rotatable bonds is 6. The lowest BCUT2D eigenvalue weighted by atomic mass is 9.75. The summed E-state index contributed by atoms with van der Waals surface area (Å²) in [6, 6.07) is 29.6. The summed E-state index contributed by atoms with van der Waals surface area (Å²) in [7, 11) is 1.40. The molecule has 1 fully saturated rings. The van der Waals surface area contributed by atoms with Crippen molar-refractivity contribution in [3.05, 3.63) is 118 Å². The molecule has 2 atom stereocenters. The van der Waals surface area contributed by atoms with Gasteiger partial charge in [-0.25, -0.2) is 0 Å². The monoisotopic (exact) mass is 412 g/mol. The van der Waals surface area contributed by atoms with E-state index < -0.39 is 11.6 Å². The Morgan fingerprint density at radius 2 is 1.39 bits per heavy atom. The number of azide groups is 1. The van der Waals surface area contributed by atoms with Gasteiger partial charge < -0.3 is 4.74 Å². The second-order valence-electron chi connectivity index (χ2n) is 7.59. The van der Waals surface area contributed by atoms with Crippen LogP contribution in [-0.2, 0) is 15.1 Å². The highest BCUT2D eigenvalue weighted by molar-refractivity contribution is 5.77. The Labute approximate surface area is 181 Å². The van der Waals surface area contributed by atoms with E-state index in [9.17, 15) is 4.79 Å². The number of esters is 1. The number of nitrogens with zero attached hydrogens (tertiary/aromatic N) is 4. The van der Waals surface area contributed by atoms with E-state index >= 15 is 0 Å². The van der Waals surface area contributed by atoms with E-state index in [0.717, 1.165) is 16.7 Å². The van der Waals surface area contributed by atoms with Crippen molar-refractivity contribution >= 4 is 5.97 Å². The third-order valence-electron chi connectivity index (χ3n) is 5.97. The predicted octanol–water partition coefficient (Wildman–Crippen LogP) is 4.90. The third kappa shape index (κ3) is 3.67. The number of likely N-dealkylation sites (tertiary alicyclic amines) is 1. The average Bonchev–Trinajstić information content (AvgIpc) is 3.25. The van der Waals surface area contributed by atoms with Gasteiger partial charge in [-0.2, -0.15) is 0 Å². The molecule has 0 amide bonds. The van der Waals surface area contributed by atoms with Crippen molar-refractivity contribution in [2.45, 2.75) is 24.0 Å². The summed E-state index contributed by atoms with van der Waals surface area (Å²) in [5.41, 5.74) is 11.4. The molecule has 0 N–H and O–H groups in total. The summed E-state index contributed by atoms with van der Waals surface area (Å²) in [6.07, 6.45) is 0.408. The lowest BCUT2D eigenvalue weighted by molar-refractivity contribution is -0.147. The van der Waals surface area contributed by atoms with Gasteiger partial charge in [-0.05, 0) is 28.6 Å². The van der Waals surface area contributed by atoms with E-state index in [2.05, 4.69) is 51.3 Å². The van der Waals surface area contributed by atoms with Gasteiger partial charge >= 0.3 is 5.97 Å². The molecule has 31 heavy (non-hydrogen) atoms. The third-order valence-corrected chi connectivity index (χ3v) is 5.97. The zero-order chi connectivity index (χ0) is 21.7. The Kier molecular flexibility index (Phi) is 6.03. The number of carbonyl (C=O) groups excluding carboxylic acids is 1. The summed E-state index contributed by atoms with van der Waals surface area (Å²) in [5.74, 6) is -0.331. The molecule has 0 spiro atoms. The molecule has 156 valence electrons. The Morgan fingerprint density at radius 3 is 1.77 bits per heavy atom. The van der Waals surface area contributed by atoms with Crippen LogP contribution >= 0.6 is 0 Å². The second kappa shape index (κ2) is 9.04. The van der Waals surface area contributed by atoms with Crippen LogP contribution in [0, 0.1) is 0 Å². The fourth-order valence-corrected chi connectivity index (χ4v) is 4.74. The number of hydrogen-bond donors (Lipinski definition) is 0. The lowest BCUT2D eigenvalue weighted by Crippen LogP contribution is -2.53. The van der Waals surface area contributed by atoms with Crippen LogP contribution in [0.1, 0.15) is 23.1 Å². The second-order valence-corrected chi connectivity index (χ2v) is 7.59. The summed E-state index contributed by atoms with van der Waals surface area (Å²) < 4.78 is 5.18. The quantitative estimate of drug-likeness (QED) is 0.190. The maximum absolute atomic E-state index is 12.9. The molecule has 1 heterocycles. The van der Waals surface area contributed by atoms with Crippen molar-refractivity contribution in [3.8, 4) is 0 Å². The predicted molar refractivity (Wildman–Crippen MR) is 119 cm³/mol. The van der Waals surface area contributed by atoms with Crippen molar-refractivity contribution < 1.29 is 9.53 Å². The van der Waals surface area contributed by atoms with Gasteiger partial charge in [-0.1, -0.05) is 96.1 Å². The van der Waals surface area contributed by atoms with Crippen molar-refractivity contribution in [2.24, 2.45) is 5.11 Å². The minimum absolute atomic E-state index is 0.329. The van der Waals surface area contributed by atoms with Crippen LogP contribution in [0.15, 0.2) is 96.1 Å². The largest absolute Gasteiger partial charge is 0.468 e. The van der Waals surface area contributed by atoms with Crippen LogP contribution in [0.5, 0.6) is 0 Å². The average molecular weight is 412 g/mol. The molecular formula is C25H24N4O2. The first-order valence-corrected chi connectivity index (χ1v) is 10.3. The van der Waals surface area contributed by atoms with Crippen molar-refractivity contribution in [2.75, 3.05) is 13.7 Å². The SMILES string of the molecule is COC(=O)C1CC(N=[N+]=[N-])CN1C(c1ccccc1)(c1ccccc1)c1ccccc1. The Morgan fingerprint density at radius 1 is 0.935 bits per heavy atom. The van der Waals surface area contributed by atoms with E-state index in [1.54, 1.807) is 0 Å². The molecule has 6 nitrogen and oxygen atoms in total. The Bertz CT molecular complexity index is 970. The molecule has 0 aromatic heterocycles. The first-order chi connectivity index (χ1) is 15.2. The van der Waals surface area contributed by atoms with Crippen LogP contribution in [0.25, 0.3) is 10.4 Å². The van der Waals surface area contributed by atoms with Gasteiger partial charge in [0.15, 0.2) is 0 Å². The highest BCUT2D eigenvalue weighted by Crippen LogP contribution is 2.46. The van der Waals surface area contributed by atoms with Gasteiger partial charge in [0.25, 0.3) is 0 Å². The summed E-state index contributed by atoms with van der Waals surface area (Å²) in [4.78, 5) is 18.1. The van der Waals surface area contributed by atoms with Crippen LogP contribution in [0.3, 0.4) is 0 Å². The van der Waals surface area contributed by atoms with E-state index in [4.69, 9.17) is 10.3 Å². The summed E-state index contributed by atoms with van der Waals surface area (Å²) in [5, 5.41) is 3.97. The lowest BCUT2D eigenvalue weighted by Gasteiger charge is -2.46. The van der Waals surface area contributed by atoms with Gasteiger partial charge in [0.2, 0.25) is 0 Å². The molecule has 1 saturated heterocycles. The summed E-state index contributed by atoms with van der Waals surface area (Å²) in [6.45, 7) is 0.433. The molecule has 3 aromatic carbocycles. The normalized spacial score (nSPS) is 18.9. The van der Waals surface area contributed by atoms with Crippen LogP contribution in [0.2, 0.25) is 0 Å². The van der Waals surface area contributed by atoms with Gasteiger partial charge in [0, 0.05) is 11.5 Å². The first kappa shape index (κ1) is 20.7. The van der Waals surface area contributed by atoms with Gasteiger partial charge in [0.05, 0.1) is 18.7 Å². The molecule has 0 saturated carbocycles. The van der Waals surface area contributed by atoms with Crippen molar-refractivity contribution in [3.63, 3.8) is 0 Å². The van der Waals surface area contributed by atoms with E-state index in [-0.39, 0.29) is 12.0 Å². The van der Waals surface area contributed by atoms with Gasteiger partial charge in [0.1, 0.15) is 6.04 Å². The Balaban J connectivity index is 2.04. The maximum atomic E-state index is 12.9.